The fraction of sp³-hybridized carbons (Fsp3) is 0.889. The molecule has 136 valence electrons. The van der Waals surface area contributed by atoms with E-state index in [4.69, 9.17) is 4.74 Å². The molecule has 2 atom stereocenters. The minimum atomic E-state index is -0.755. The van der Waals surface area contributed by atoms with Crippen LogP contribution in [0.2, 0.25) is 0 Å². The van der Waals surface area contributed by atoms with E-state index in [-0.39, 0.29) is 23.8 Å². The molecule has 24 heavy (non-hydrogen) atoms. The molecule has 0 aromatic rings. The normalized spacial score (nSPS) is 31.2. The van der Waals surface area contributed by atoms with Crippen molar-refractivity contribution in [1.82, 2.24) is 9.80 Å². The number of likely N-dealkylation sites (tertiary alicyclic amines) is 2. The summed E-state index contributed by atoms with van der Waals surface area (Å²) in [5.41, 5.74) is -1.28. The van der Waals surface area contributed by atoms with Gasteiger partial charge in [-0.05, 0) is 46.5 Å². The molecule has 3 aliphatic rings. The van der Waals surface area contributed by atoms with Crippen molar-refractivity contribution < 1.29 is 19.4 Å². The van der Waals surface area contributed by atoms with Crippen LogP contribution in [0, 0.1) is 11.8 Å². The first kappa shape index (κ1) is 17.5. The molecule has 0 aromatic heterocycles. The maximum Gasteiger partial charge on any atom is 0.410 e. The van der Waals surface area contributed by atoms with E-state index in [2.05, 4.69) is 0 Å². The van der Waals surface area contributed by atoms with Crippen molar-refractivity contribution in [1.29, 1.82) is 0 Å². The molecule has 0 unspecified atom stereocenters. The third-order valence-electron chi connectivity index (χ3n) is 5.69. The van der Waals surface area contributed by atoms with E-state index in [1.165, 1.54) is 0 Å². The lowest BCUT2D eigenvalue weighted by Gasteiger charge is -2.50. The van der Waals surface area contributed by atoms with Crippen LogP contribution in [0.5, 0.6) is 0 Å². The van der Waals surface area contributed by atoms with Crippen molar-refractivity contribution >= 4 is 12.0 Å². The van der Waals surface area contributed by atoms with E-state index in [0.717, 1.165) is 19.3 Å². The second kappa shape index (κ2) is 6.21. The summed E-state index contributed by atoms with van der Waals surface area (Å²) in [4.78, 5) is 28.4. The highest BCUT2D eigenvalue weighted by Crippen LogP contribution is 2.37. The Balaban J connectivity index is 1.63. The molecule has 1 saturated carbocycles. The van der Waals surface area contributed by atoms with Gasteiger partial charge in [-0.2, -0.15) is 0 Å². The minimum Gasteiger partial charge on any atom is -0.444 e. The predicted molar refractivity (Wildman–Crippen MR) is 89.4 cm³/mol. The molecule has 3 rings (SSSR count). The summed E-state index contributed by atoms with van der Waals surface area (Å²) in [6.45, 7) is 7.71. The SMILES string of the molecule is CC(C)(C)OC(=O)N1CC[C@]2(O)CCN(C(=O)C3CCC3)C[C@H]2C1. The number of rotatable bonds is 1. The van der Waals surface area contributed by atoms with Gasteiger partial charge in [-0.1, -0.05) is 6.42 Å². The topological polar surface area (TPSA) is 70.1 Å². The van der Waals surface area contributed by atoms with Gasteiger partial charge in [0.1, 0.15) is 5.60 Å². The molecule has 0 radical (unpaired) electrons. The molecule has 1 aliphatic carbocycles. The highest BCUT2D eigenvalue weighted by molar-refractivity contribution is 5.79. The first-order chi connectivity index (χ1) is 11.2. The number of ether oxygens (including phenoxy) is 1. The Bertz CT molecular complexity index is 512. The van der Waals surface area contributed by atoms with Crippen LogP contribution in [0.3, 0.4) is 0 Å². The summed E-state index contributed by atoms with van der Waals surface area (Å²) in [6.07, 6.45) is 3.97. The van der Waals surface area contributed by atoms with Crippen LogP contribution < -0.4 is 0 Å². The quantitative estimate of drug-likeness (QED) is 0.794. The third-order valence-corrected chi connectivity index (χ3v) is 5.69. The first-order valence-corrected chi connectivity index (χ1v) is 9.17. The Labute approximate surface area is 144 Å². The van der Waals surface area contributed by atoms with Crippen LogP contribution in [0.25, 0.3) is 0 Å². The number of aliphatic hydroxyl groups is 1. The van der Waals surface area contributed by atoms with Gasteiger partial charge in [0.2, 0.25) is 5.91 Å². The van der Waals surface area contributed by atoms with E-state index >= 15 is 0 Å². The molecule has 6 heteroatoms. The largest absolute Gasteiger partial charge is 0.444 e. The highest BCUT2D eigenvalue weighted by atomic mass is 16.6. The van der Waals surface area contributed by atoms with Gasteiger partial charge in [0.25, 0.3) is 0 Å². The van der Waals surface area contributed by atoms with E-state index in [0.29, 0.717) is 39.0 Å². The Morgan fingerprint density at radius 3 is 2.21 bits per heavy atom. The van der Waals surface area contributed by atoms with Crippen molar-refractivity contribution in [2.24, 2.45) is 11.8 Å². The number of carbonyl (C=O) groups excluding carboxylic acids is 2. The van der Waals surface area contributed by atoms with Crippen LogP contribution in [-0.4, -0.2) is 64.3 Å². The van der Waals surface area contributed by atoms with E-state index in [1.807, 2.05) is 25.7 Å². The number of piperidine rings is 2. The molecule has 2 amide bonds. The fourth-order valence-corrected chi connectivity index (χ4v) is 3.91. The molecular weight excluding hydrogens is 308 g/mol. The lowest BCUT2D eigenvalue weighted by molar-refractivity contribution is -0.152. The van der Waals surface area contributed by atoms with Crippen LogP contribution in [0.4, 0.5) is 4.79 Å². The number of amides is 2. The maximum atomic E-state index is 12.5. The lowest BCUT2D eigenvalue weighted by atomic mass is 9.75. The minimum absolute atomic E-state index is 0.0865. The standard InChI is InChI=1S/C18H30N2O4/c1-17(2,3)24-16(22)20-10-8-18(23)7-9-19(11-14(18)12-20)15(21)13-5-4-6-13/h13-14,23H,4-12H2,1-3H3/t14-,18+/m0/s1. The summed E-state index contributed by atoms with van der Waals surface area (Å²) in [5.74, 6) is 0.330. The van der Waals surface area contributed by atoms with Gasteiger partial charge < -0.3 is 19.6 Å². The van der Waals surface area contributed by atoms with Gasteiger partial charge in [0.05, 0.1) is 5.60 Å². The zero-order valence-corrected chi connectivity index (χ0v) is 15.1. The molecule has 0 bridgehead atoms. The Hall–Kier alpha value is -1.30. The molecule has 0 spiro atoms. The van der Waals surface area contributed by atoms with Crippen LogP contribution in [-0.2, 0) is 9.53 Å². The predicted octanol–water partition coefficient (Wildman–Crippen LogP) is 2.01. The summed E-state index contributed by atoms with van der Waals surface area (Å²) < 4.78 is 5.45. The summed E-state index contributed by atoms with van der Waals surface area (Å²) in [7, 11) is 0. The maximum absolute atomic E-state index is 12.5. The van der Waals surface area contributed by atoms with Crippen molar-refractivity contribution in [3.63, 3.8) is 0 Å². The molecule has 2 heterocycles. The van der Waals surface area contributed by atoms with Crippen LogP contribution in [0.15, 0.2) is 0 Å². The second-order valence-corrected chi connectivity index (χ2v) is 8.64. The summed E-state index contributed by atoms with van der Waals surface area (Å²) >= 11 is 0. The van der Waals surface area contributed by atoms with Crippen molar-refractivity contribution in [3.05, 3.63) is 0 Å². The fourth-order valence-electron chi connectivity index (χ4n) is 3.91. The third kappa shape index (κ3) is 3.53. The van der Waals surface area contributed by atoms with Gasteiger partial charge in [0, 0.05) is 38.0 Å². The van der Waals surface area contributed by atoms with Crippen molar-refractivity contribution in [2.45, 2.75) is 64.1 Å². The van der Waals surface area contributed by atoms with Gasteiger partial charge in [-0.25, -0.2) is 4.79 Å². The molecule has 0 aromatic carbocycles. The molecule has 1 N–H and O–H groups in total. The van der Waals surface area contributed by atoms with E-state index in [9.17, 15) is 14.7 Å². The molecule has 2 aliphatic heterocycles. The van der Waals surface area contributed by atoms with Crippen molar-refractivity contribution in [2.75, 3.05) is 26.2 Å². The molecular formula is C18H30N2O4. The van der Waals surface area contributed by atoms with E-state index in [1.54, 1.807) is 4.90 Å². The molecule has 6 nitrogen and oxygen atoms in total. The van der Waals surface area contributed by atoms with Crippen LogP contribution in [0.1, 0.15) is 52.9 Å². The van der Waals surface area contributed by atoms with E-state index < -0.39 is 11.2 Å². The van der Waals surface area contributed by atoms with Crippen molar-refractivity contribution in [3.8, 4) is 0 Å². The smallest absolute Gasteiger partial charge is 0.410 e. The number of carbonyl (C=O) groups is 2. The zero-order valence-electron chi connectivity index (χ0n) is 15.1. The monoisotopic (exact) mass is 338 g/mol. The summed E-state index contributed by atoms with van der Waals surface area (Å²) in [6, 6.07) is 0. The average Bonchev–Trinajstić information content (AvgIpc) is 2.42. The Morgan fingerprint density at radius 2 is 1.67 bits per heavy atom. The number of nitrogens with zero attached hydrogens (tertiary/aromatic N) is 2. The molecule has 2 saturated heterocycles. The first-order valence-electron chi connectivity index (χ1n) is 9.17. The molecule has 3 fully saturated rings. The Morgan fingerprint density at radius 1 is 1.08 bits per heavy atom. The van der Waals surface area contributed by atoms with Gasteiger partial charge in [-0.15, -0.1) is 0 Å². The van der Waals surface area contributed by atoms with Crippen LogP contribution >= 0.6 is 0 Å². The Kier molecular flexibility index (Phi) is 4.53. The lowest BCUT2D eigenvalue weighted by Crippen LogP contribution is -2.62. The number of fused-ring (bicyclic) bond motifs is 1. The zero-order chi connectivity index (χ0) is 17.5. The second-order valence-electron chi connectivity index (χ2n) is 8.64. The number of hydrogen-bond donors (Lipinski definition) is 1. The number of hydrogen-bond acceptors (Lipinski definition) is 4. The summed E-state index contributed by atoms with van der Waals surface area (Å²) in [5, 5.41) is 10.9. The van der Waals surface area contributed by atoms with Gasteiger partial charge in [0.15, 0.2) is 0 Å². The van der Waals surface area contributed by atoms with Gasteiger partial charge in [-0.3, -0.25) is 4.79 Å². The average molecular weight is 338 g/mol. The highest BCUT2D eigenvalue weighted by Gasteiger charge is 2.48. The van der Waals surface area contributed by atoms with Gasteiger partial charge >= 0.3 is 6.09 Å².